The molecule has 0 amide bonds. The summed E-state index contributed by atoms with van der Waals surface area (Å²) < 4.78 is 61.2. The van der Waals surface area contributed by atoms with Crippen LogP contribution in [0.25, 0.3) is 0 Å². The normalized spacial score (nSPS) is 14.6. The largest absolute Gasteiger partial charge is 0.472 e. The number of carbonyl (C=O) groups is 3. The number of allylic oxidation sites excluding steroid dienone is 24. The maximum atomic E-state index is 13.0. The molecule has 0 aliphatic carbocycles. The number of carbonyl (C=O) groups excluding carboxylic acids is 3. The Balaban J connectivity index is 4.43. The number of ether oxygens (including phenoxy) is 3. The molecule has 16 nitrogen and oxygen atoms in total. The lowest BCUT2D eigenvalue weighted by molar-refractivity contribution is -0.161. The first-order valence-electron chi connectivity index (χ1n) is 42.1. The van der Waals surface area contributed by atoms with Gasteiger partial charge in [0.05, 0.1) is 26.4 Å². The van der Waals surface area contributed by atoms with Gasteiger partial charge in [0.25, 0.3) is 0 Å². The molecule has 0 fully saturated rings. The summed E-state index contributed by atoms with van der Waals surface area (Å²) in [5, 5.41) is 20.7. The zero-order valence-electron chi connectivity index (χ0n) is 67.3. The minimum Gasteiger partial charge on any atom is -0.463 e. The van der Waals surface area contributed by atoms with Gasteiger partial charge in [0.15, 0.2) is 6.10 Å². The Kier molecular flexibility index (Phi) is 77.5. The van der Waals surface area contributed by atoms with Crippen molar-refractivity contribution >= 4 is 33.6 Å². The molecule has 4 N–H and O–H groups in total. The zero-order chi connectivity index (χ0) is 78.0. The summed E-state index contributed by atoms with van der Waals surface area (Å²) in [6.07, 6.45) is 101. The number of unbranched alkanes of at least 4 members (excludes halogenated alkanes) is 32. The summed E-state index contributed by atoms with van der Waals surface area (Å²) in [5.41, 5.74) is 0. The number of esters is 3. The third-order valence-electron chi connectivity index (χ3n) is 17.5. The van der Waals surface area contributed by atoms with Gasteiger partial charge in [-0.2, -0.15) is 0 Å². The van der Waals surface area contributed by atoms with E-state index in [4.69, 9.17) is 32.3 Å². The predicted molar refractivity (Wildman–Crippen MR) is 445 cm³/mol. The van der Waals surface area contributed by atoms with E-state index in [1.54, 1.807) is 0 Å². The highest BCUT2D eigenvalue weighted by atomic mass is 31.2. The molecule has 0 aliphatic heterocycles. The third kappa shape index (κ3) is 82.2. The molecule has 18 heteroatoms. The molecule has 5 unspecified atom stereocenters. The molecule has 0 spiro atoms. The van der Waals surface area contributed by atoms with Gasteiger partial charge in [0.1, 0.15) is 25.4 Å². The first-order chi connectivity index (χ1) is 52.2. The van der Waals surface area contributed by atoms with Crippen LogP contribution in [0.2, 0.25) is 0 Å². The quantitative estimate of drug-likeness (QED) is 0.0146. The van der Waals surface area contributed by atoms with Crippen LogP contribution >= 0.6 is 15.6 Å². The third-order valence-corrected chi connectivity index (χ3v) is 19.4. The molecule has 0 saturated heterocycles. The summed E-state index contributed by atoms with van der Waals surface area (Å²) in [6, 6.07) is 0. The standard InChI is InChI=1S/C89H152O16P2/c1-4-7-10-13-16-19-22-25-28-30-32-34-35-36-37-38-39-40-41-42-43-44-45-46-47-49-51-52-55-57-60-63-66-69-72-75-87(92)99-78-84(90)79-101-106(95,96)102-80-85(91)81-103-107(97,98)104-83-86(105-89(94)77-74-71-68-65-62-59-54-27-24-21-18-15-12-9-6-3)82-100-88(93)76-73-70-67-64-61-58-56-53-50-48-33-31-29-26-23-20-17-14-11-8-5-2/h7,9-10,12,16-21,25-29,32-34,36-37,48,53-54,56,84-86,90-91H,4-6,8,11,13-15,22-24,30-31,35,38-47,49-52,55,57-83H2,1-3H3,(H,95,96)(H,97,98)/b10-7-,12-9-,19-16-,20-17-,21-18-,28-25-,29-26-,34-32-,37-36-,48-33-,54-27-,56-53-. The predicted octanol–water partition coefficient (Wildman–Crippen LogP) is 25.2. The summed E-state index contributed by atoms with van der Waals surface area (Å²) in [5.74, 6) is -1.61. The summed E-state index contributed by atoms with van der Waals surface area (Å²) in [6.45, 7) is 2.40. The van der Waals surface area contributed by atoms with Crippen LogP contribution in [0.4, 0.5) is 0 Å². The van der Waals surface area contributed by atoms with Gasteiger partial charge in [0.2, 0.25) is 0 Å². The van der Waals surface area contributed by atoms with Gasteiger partial charge in [-0.25, -0.2) is 9.13 Å². The molecule has 0 heterocycles. The van der Waals surface area contributed by atoms with Crippen LogP contribution in [0.5, 0.6) is 0 Å². The number of hydrogen-bond donors (Lipinski definition) is 4. The Hall–Kier alpha value is -4.57. The van der Waals surface area contributed by atoms with Crippen molar-refractivity contribution in [2.24, 2.45) is 0 Å². The Morgan fingerprint density at radius 1 is 0.271 bits per heavy atom. The molecule has 0 radical (unpaired) electrons. The van der Waals surface area contributed by atoms with Crippen LogP contribution in [0, 0.1) is 0 Å². The van der Waals surface area contributed by atoms with Gasteiger partial charge < -0.3 is 34.2 Å². The van der Waals surface area contributed by atoms with Crippen LogP contribution in [-0.4, -0.2) is 95.9 Å². The topological polar surface area (TPSA) is 231 Å². The second-order valence-corrected chi connectivity index (χ2v) is 30.8. The molecule has 0 aromatic heterocycles. The molecule has 0 aromatic carbocycles. The van der Waals surface area contributed by atoms with Crippen molar-refractivity contribution in [3.05, 3.63) is 146 Å². The van der Waals surface area contributed by atoms with Crippen molar-refractivity contribution in [1.82, 2.24) is 0 Å². The molecule has 614 valence electrons. The van der Waals surface area contributed by atoms with Gasteiger partial charge in [0, 0.05) is 19.3 Å². The van der Waals surface area contributed by atoms with E-state index in [1.165, 1.54) is 128 Å². The maximum absolute atomic E-state index is 13.0. The van der Waals surface area contributed by atoms with Crippen molar-refractivity contribution in [2.75, 3.05) is 39.6 Å². The number of aliphatic hydroxyl groups is 2. The Morgan fingerprint density at radius 3 is 0.785 bits per heavy atom. The maximum Gasteiger partial charge on any atom is 0.472 e. The van der Waals surface area contributed by atoms with Gasteiger partial charge in [-0.3, -0.25) is 32.5 Å². The fourth-order valence-corrected chi connectivity index (χ4v) is 12.8. The lowest BCUT2D eigenvalue weighted by atomic mass is 10.0. The molecule has 0 aromatic rings. The molecular weight excluding hydrogens is 1390 g/mol. The first-order valence-corrected chi connectivity index (χ1v) is 45.1. The van der Waals surface area contributed by atoms with E-state index >= 15 is 0 Å². The van der Waals surface area contributed by atoms with Crippen molar-refractivity contribution in [1.29, 1.82) is 0 Å². The van der Waals surface area contributed by atoms with Gasteiger partial charge in [-0.05, 0) is 141 Å². The molecule has 0 rings (SSSR count). The van der Waals surface area contributed by atoms with Gasteiger partial charge >= 0.3 is 33.6 Å². The molecular formula is C89H152O16P2. The summed E-state index contributed by atoms with van der Waals surface area (Å²) >= 11 is 0. The van der Waals surface area contributed by atoms with Crippen molar-refractivity contribution in [2.45, 2.75) is 360 Å². The second kappa shape index (κ2) is 80.9. The molecule has 0 saturated carbocycles. The molecule has 0 aliphatic rings. The Morgan fingerprint density at radius 2 is 0.495 bits per heavy atom. The van der Waals surface area contributed by atoms with Crippen molar-refractivity contribution in [3.63, 3.8) is 0 Å². The molecule has 0 bridgehead atoms. The minimum absolute atomic E-state index is 0.0778. The van der Waals surface area contributed by atoms with Crippen LogP contribution in [0.1, 0.15) is 342 Å². The van der Waals surface area contributed by atoms with E-state index in [-0.39, 0.29) is 19.3 Å². The SMILES string of the molecule is CC/C=C\C/C=C\C/C=C\C/C=C\C/C=C\CCCCCCCCCCCCCCCCCCCCCC(=O)OCC(O)COP(=O)(O)OCC(O)COP(=O)(O)OCC(COC(=O)CCCCCCC/C=C\C/C=C\C/C=C\C/C=C\CCCCC)OC(=O)CCCCCCC/C=C\C/C=C\C/C=C\CC. The van der Waals surface area contributed by atoms with Crippen LogP contribution in [-0.2, 0) is 55.8 Å². The lowest BCUT2D eigenvalue weighted by Gasteiger charge is -2.21. The van der Waals surface area contributed by atoms with Crippen LogP contribution in [0.15, 0.2) is 146 Å². The first kappa shape index (κ1) is 102. The van der Waals surface area contributed by atoms with E-state index in [9.17, 15) is 43.5 Å². The van der Waals surface area contributed by atoms with Gasteiger partial charge in [-0.1, -0.05) is 327 Å². The van der Waals surface area contributed by atoms with E-state index in [0.29, 0.717) is 19.3 Å². The summed E-state index contributed by atoms with van der Waals surface area (Å²) in [4.78, 5) is 58.7. The average molecular weight is 1540 g/mol. The second-order valence-electron chi connectivity index (χ2n) is 27.9. The summed E-state index contributed by atoms with van der Waals surface area (Å²) in [7, 11) is -9.81. The van der Waals surface area contributed by atoms with Crippen LogP contribution in [0.3, 0.4) is 0 Å². The number of phosphoric acid groups is 2. The van der Waals surface area contributed by atoms with Crippen molar-refractivity contribution in [3.8, 4) is 0 Å². The fourth-order valence-electron chi connectivity index (χ4n) is 11.2. The monoisotopic (exact) mass is 1540 g/mol. The number of hydrogen-bond acceptors (Lipinski definition) is 14. The highest BCUT2D eigenvalue weighted by Crippen LogP contribution is 2.45. The molecule has 107 heavy (non-hydrogen) atoms. The molecule has 5 atom stereocenters. The Bertz CT molecular complexity index is 2530. The highest BCUT2D eigenvalue weighted by Gasteiger charge is 2.29. The fraction of sp³-hybridized carbons (Fsp3) is 0.697. The average Bonchev–Trinajstić information content (AvgIpc) is 0.906. The zero-order valence-corrected chi connectivity index (χ0v) is 69.1. The van der Waals surface area contributed by atoms with Crippen LogP contribution < -0.4 is 0 Å². The number of phosphoric ester groups is 2. The van der Waals surface area contributed by atoms with E-state index in [2.05, 4.69) is 167 Å². The minimum atomic E-state index is -4.94. The van der Waals surface area contributed by atoms with E-state index in [1.807, 2.05) is 0 Å². The number of aliphatic hydroxyl groups excluding tert-OH is 2. The van der Waals surface area contributed by atoms with E-state index < -0.39 is 91.5 Å². The van der Waals surface area contributed by atoms with Gasteiger partial charge in [-0.15, -0.1) is 0 Å². The van der Waals surface area contributed by atoms with Crippen molar-refractivity contribution < 1.29 is 75.8 Å². The highest BCUT2D eigenvalue weighted by molar-refractivity contribution is 7.47. The number of rotatable bonds is 79. The van der Waals surface area contributed by atoms with E-state index in [0.717, 1.165) is 154 Å². The Labute approximate surface area is 651 Å². The smallest absolute Gasteiger partial charge is 0.463 e. The lowest BCUT2D eigenvalue weighted by Crippen LogP contribution is -2.30.